The monoisotopic (exact) mass is 406 g/mol. The highest BCUT2D eigenvalue weighted by atomic mass is 16.6. The molecule has 1 fully saturated rings. The molecule has 5 rings (SSSR count). The molecule has 1 amide bonds. The van der Waals surface area contributed by atoms with Gasteiger partial charge in [-0.15, -0.1) is 0 Å². The molecule has 1 aliphatic carbocycles. The summed E-state index contributed by atoms with van der Waals surface area (Å²) in [5.74, 6) is 1.77. The molecule has 5 nitrogen and oxygen atoms in total. The van der Waals surface area contributed by atoms with Crippen molar-refractivity contribution in [2.24, 2.45) is 0 Å². The van der Waals surface area contributed by atoms with Crippen LogP contribution in [0.4, 0.5) is 5.69 Å². The second kappa shape index (κ2) is 8.21. The quantitative estimate of drug-likeness (QED) is 0.820. The minimum atomic E-state index is -0.00863. The maximum absolute atomic E-state index is 12.9. The fourth-order valence-corrected chi connectivity index (χ4v) is 5.27. The number of rotatable bonds is 5. The number of aryl methyl sites for hydroxylation is 1. The molecule has 2 aromatic rings. The highest BCUT2D eigenvalue weighted by molar-refractivity contribution is 5.82. The standard InChI is InChI=1S/C25H30N2O3/c28-24(17-27-13-5-7-19-6-1-2-8-21(19)27)26-18-25(11-3-4-12-25)20-9-10-22-23(16-20)30-15-14-29-22/h1-2,6,8-10,16H,3-5,7,11-15,17-18H2,(H,26,28). The summed E-state index contributed by atoms with van der Waals surface area (Å²) >= 11 is 0. The molecule has 158 valence electrons. The third-order valence-corrected chi connectivity index (χ3v) is 6.88. The second-order valence-corrected chi connectivity index (χ2v) is 8.78. The van der Waals surface area contributed by atoms with Crippen LogP contribution in [0.25, 0.3) is 0 Å². The average Bonchev–Trinajstić information content (AvgIpc) is 3.28. The largest absolute Gasteiger partial charge is 0.486 e. The van der Waals surface area contributed by atoms with E-state index in [9.17, 15) is 4.79 Å². The zero-order chi connectivity index (χ0) is 20.4. The minimum Gasteiger partial charge on any atom is -0.486 e. The molecular formula is C25H30N2O3. The zero-order valence-corrected chi connectivity index (χ0v) is 17.5. The normalized spacial score (nSPS) is 19.3. The Morgan fingerprint density at radius 2 is 1.80 bits per heavy atom. The smallest absolute Gasteiger partial charge is 0.239 e. The van der Waals surface area contributed by atoms with E-state index in [1.54, 1.807) is 0 Å². The lowest BCUT2D eigenvalue weighted by Crippen LogP contribution is -2.44. The van der Waals surface area contributed by atoms with Gasteiger partial charge in [-0.1, -0.05) is 37.1 Å². The molecule has 0 atom stereocenters. The average molecular weight is 407 g/mol. The van der Waals surface area contributed by atoms with Gasteiger partial charge in [-0.3, -0.25) is 4.79 Å². The summed E-state index contributed by atoms with van der Waals surface area (Å²) in [6.07, 6.45) is 6.79. The van der Waals surface area contributed by atoms with E-state index in [1.807, 2.05) is 6.07 Å². The molecule has 3 aliphatic rings. The Morgan fingerprint density at radius 1 is 1.00 bits per heavy atom. The first-order valence-corrected chi connectivity index (χ1v) is 11.2. The predicted octanol–water partition coefficient (Wildman–Crippen LogP) is 3.84. The van der Waals surface area contributed by atoms with Crippen molar-refractivity contribution in [3.8, 4) is 11.5 Å². The molecule has 0 radical (unpaired) electrons. The molecule has 2 aromatic carbocycles. The highest BCUT2D eigenvalue weighted by Crippen LogP contribution is 2.43. The number of nitrogens with one attached hydrogen (secondary N) is 1. The van der Waals surface area contributed by atoms with Crippen LogP contribution in [0.5, 0.6) is 11.5 Å². The lowest BCUT2D eigenvalue weighted by atomic mass is 9.78. The van der Waals surface area contributed by atoms with Crippen LogP contribution in [0.2, 0.25) is 0 Å². The van der Waals surface area contributed by atoms with Gasteiger partial charge in [0.25, 0.3) is 0 Å². The number of fused-ring (bicyclic) bond motifs is 2. The van der Waals surface area contributed by atoms with Gasteiger partial charge in [-0.05, 0) is 55.0 Å². The number of anilines is 1. The highest BCUT2D eigenvalue weighted by Gasteiger charge is 2.37. The number of ether oxygens (including phenoxy) is 2. The molecule has 1 N–H and O–H groups in total. The summed E-state index contributed by atoms with van der Waals surface area (Å²) in [6.45, 7) is 3.25. The van der Waals surface area contributed by atoms with Gasteiger partial charge in [0.15, 0.2) is 11.5 Å². The van der Waals surface area contributed by atoms with Crippen molar-refractivity contribution in [1.29, 1.82) is 0 Å². The van der Waals surface area contributed by atoms with Gasteiger partial charge >= 0.3 is 0 Å². The number of carbonyl (C=O) groups is 1. The fourth-order valence-electron chi connectivity index (χ4n) is 5.27. The van der Waals surface area contributed by atoms with E-state index in [0.717, 1.165) is 43.7 Å². The molecule has 5 heteroatoms. The number of benzene rings is 2. The van der Waals surface area contributed by atoms with Crippen LogP contribution < -0.4 is 19.7 Å². The summed E-state index contributed by atoms with van der Waals surface area (Å²) in [5, 5.41) is 3.27. The molecular weight excluding hydrogens is 376 g/mol. The van der Waals surface area contributed by atoms with Crippen LogP contribution in [0.1, 0.15) is 43.2 Å². The van der Waals surface area contributed by atoms with E-state index in [0.29, 0.717) is 26.3 Å². The number of hydrogen-bond acceptors (Lipinski definition) is 4. The maximum atomic E-state index is 12.9. The van der Waals surface area contributed by atoms with Crippen LogP contribution >= 0.6 is 0 Å². The van der Waals surface area contributed by atoms with Gasteiger partial charge in [0.1, 0.15) is 13.2 Å². The Kier molecular flexibility index (Phi) is 5.28. The van der Waals surface area contributed by atoms with Gasteiger partial charge in [0.05, 0.1) is 6.54 Å². The molecule has 1 saturated carbocycles. The molecule has 0 spiro atoms. The Bertz CT molecular complexity index is 920. The van der Waals surface area contributed by atoms with Crippen molar-refractivity contribution in [3.63, 3.8) is 0 Å². The number of para-hydroxylation sites is 1. The number of nitrogens with zero attached hydrogens (tertiary/aromatic N) is 1. The molecule has 2 aliphatic heterocycles. The van der Waals surface area contributed by atoms with Crippen LogP contribution in [0.15, 0.2) is 42.5 Å². The lowest BCUT2D eigenvalue weighted by Gasteiger charge is -2.33. The number of carbonyl (C=O) groups excluding carboxylic acids is 1. The predicted molar refractivity (Wildman–Crippen MR) is 118 cm³/mol. The van der Waals surface area contributed by atoms with E-state index >= 15 is 0 Å². The summed E-state index contributed by atoms with van der Waals surface area (Å²) in [4.78, 5) is 15.1. The first-order chi connectivity index (χ1) is 14.7. The minimum absolute atomic E-state index is 0.00863. The van der Waals surface area contributed by atoms with Crippen LogP contribution in [-0.4, -0.2) is 38.8 Å². The summed E-state index contributed by atoms with van der Waals surface area (Å²) in [7, 11) is 0. The van der Waals surface area contributed by atoms with E-state index in [-0.39, 0.29) is 11.3 Å². The topological polar surface area (TPSA) is 50.8 Å². The van der Waals surface area contributed by atoms with E-state index in [4.69, 9.17) is 9.47 Å². The third-order valence-electron chi connectivity index (χ3n) is 6.88. The number of hydrogen-bond donors (Lipinski definition) is 1. The van der Waals surface area contributed by atoms with E-state index < -0.39 is 0 Å². The molecule has 0 aromatic heterocycles. The summed E-state index contributed by atoms with van der Waals surface area (Å²) < 4.78 is 11.5. The van der Waals surface area contributed by atoms with Gasteiger partial charge in [-0.25, -0.2) is 0 Å². The summed E-state index contributed by atoms with van der Waals surface area (Å²) in [5.41, 5.74) is 3.81. The first-order valence-electron chi connectivity index (χ1n) is 11.2. The Morgan fingerprint density at radius 3 is 2.67 bits per heavy atom. The van der Waals surface area contributed by atoms with Crippen LogP contribution in [0.3, 0.4) is 0 Å². The fraction of sp³-hybridized carbons (Fsp3) is 0.480. The van der Waals surface area contributed by atoms with Gasteiger partial charge in [-0.2, -0.15) is 0 Å². The molecule has 0 bridgehead atoms. The summed E-state index contributed by atoms with van der Waals surface area (Å²) in [6, 6.07) is 14.8. The van der Waals surface area contributed by atoms with Crippen molar-refractivity contribution < 1.29 is 14.3 Å². The number of amides is 1. The van der Waals surface area contributed by atoms with E-state index in [2.05, 4.69) is 46.6 Å². The first kappa shape index (κ1) is 19.3. The third kappa shape index (κ3) is 3.73. The van der Waals surface area contributed by atoms with Crippen molar-refractivity contribution >= 4 is 11.6 Å². The molecule has 0 saturated heterocycles. The molecule has 2 heterocycles. The second-order valence-electron chi connectivity index (χ2n) is 8.78. The maximum Gasteiger partial charge on any atom is 0.239 e. The van der Waals surface area contributed by atoms with Gasteiger partial charge < -0.3 is 19.7 Å². The SMILES string of the molecule is O=C(CN1CCCc2ccccc21)NCC1(c2ccc3c(c2)OCCO3)CCCC1. The van der Waals surface area contributed by atoms with Crippen molar-refractivity contribution in [3.05, 3.63) is 53.6 Å². The Hall–Kier alpha value is -2.69. The van der Waals surface area contributed by atoms with Gasteiger partial charge in [0.2, 0.25) is 5.91 Å². The Balaban J connectivity index is 1.28. The van der Waals surface area contributed by atoms with Crippen LogP contribution in [-0.2, 0) is 16.6 Å². The lowest BCUT2D eigenvalue weighted by molar-refractivity contribution is -0.120. The molecule has 30 heavy (non-hydrogen) atoms. The van der Waals surface area contributed by atoms with Gasteiger partial charge in [0, 0.05) is 24.2 Å². The van der Waals surface area contributed by atoms with Crippen molar-refractivity contribution in [2.45, 2.75) is 43.9 Å². The molecule has 0 unspecified atom stereocenters. The zero-order valence-electron chi connectivity index (χ0n) is 17.5. The van der Waals surface area contributed by atoms with Crippen LogP contribution in [0, 0.1) is 0 Å². The Labute approximate surface area is 178 Å². The van der Waals surface area contributed by atoms with Crippen molar-refractivity contribution in [2.75, 3.05) is 37.7 Å². The van der Waals surface area contributed by atoms with Crippen molar-refractivity contribution in [1.82, 2.24) is 5.32 Å². The van der Waals surface area contributed by atoms with E-state index in [1.165, 1.54) is 29.7 Å².